The van der Waals surface area contributed by atoms with Crippen LogP contribution in [-0.2, 0) is 27.4 Å². The van der Waals surface area contributed by atoms with Gasteiger partial charge in [-0.2, -0.15) is 0 Å². The SMILES string of the molecule is CCOC(=O)/C=c1/s/c(=C\c2cc(C)n(-c3cccc4ccccc34)c2C)c(=O)n1CC(=O)NCc1ccccc1. The summed E-state index contributed by atoms with van der Waals surface area (Å²) in [6, 6.07) is 26.0. The summed E-state index contributed by atoms with van der Waals surface area (Å²) >= 11 is 1.16. The number of hydrogen-bond donors (Lipinski definition) is 1. The fourth-order valence-electron chi connectivity index (χ4n) is 4.92. The predicted octanol–water partition coefficient (Wildman–Crippen LogP) is 3.96. The average Bonchev–Trinajstić information content (AvgIpc) is 3.41. The molecule has 0 atom stereocenters. The Bertz CT molecular complexity index is 1910. The molecule has 208 valence electrons. The minimum atomic E-state index is -0.562. The van der Waals surface area contributed by atoms with Crippen LogP contribution in [0.5, 0.6) is 0 Å². The first kappa shape index (κ1) is 27.9. The molecule has 0 spiro atoms. The van der Waals surface area contributed by atoms with Crippen molar-refractivity contribution in [3.63, 3.8) is 0 Å². The van der Waals surface area contributed by atoms with Crippen molar-refractivity contribution in [3.05, 3.63) is 121 Å². The van der Waals surface area contributed by atoms with Crippen molar-refractivity contribution >= 4 is 46.1 Å². The van der Waals surface area contributed by atoms with E-state index < -0.39 is 5.97 Å². The van der Waals surface area contributed by atoms with E-state index in [1.807, 2.05) is 74.5 Å². The van der Waals surface area contributed by atoms with Gasteiger partial charge >= 0.3 is 5.97 Å². The van der Waals surface area contributed by atoms with E-state index in [0.717, 1.165) is 50.3 Å². The molecule has 1 N–H and O–H groups in total. The zero-order valence-corrected chi connectivity index (χ0v) is 24.0. The average molecular weight is 566 g/mol. The number of ether oxygens (including phenoxy) is 1. The molecule has 0 unspecified atom stereocenters. The second-order valence-corrected chi connectivity index (χ2v) is 10.7. The number of thiazole rings is 1. The summed E-state index contributed by atoms with van der Waals surface area (Å²) in [6.07, 6.45) is 3.11. The van der Waals surface area contributed by atoms with Crippen molar-refractivity contribution in [2.45, 2.75) is 33.9 Å². The number of amides is 1. The van der Waals surface area contributed by atoms with Gasteiger partial charge in [-0.3, -0.25) is 14.2 Å². The molecule has 5 aromatic rings. The third-order valence-electron chi connectivity index (χ3n) is 6.86. The lowest BCUT2D eigenvalue weighted by atomic mass is 10.1. The molecule has 0 fully saturated rings. The fourth-order valence-corrected chi connectivity index (χ4v) is 5.94. The second kappa shape index (κ2) is 12.2. The van der Waals surface area contributed by atoms with Crippen LogP contribution in [0.15, 0.2) is 83.7 Å². The molecule has 0 aliphatic carbocycles. The van der Waals surface area contributed by atoms with Gasteiger partial charge < -0.3 is 14.6 Å². The molecule has 0 aliphatic rings. The summed E-state index contributed by atoms with van der Waals surface area (Å²) in [6.45, 7) is 6.12. The first-order valence-electron chi connectivity index (χ1n) is 13.4. The summed E-state index contributed by atoms with van der Waals surface area (Å²) in [4.78, 5) is 38.7. The molecule has 8 heteroatoms. The van der Waals surface area contributed by atoms with E-state index in [0.29, 0.717) is 15.7 Å². The summed E-state index contributed by atoms with van der Waals surface area (Å²) < 4.78 is 9.38. The molecule has 2 heterocycles. The molecule has 0 aliphatic heterocycles. The Morgan fingerprint density at radius 1 is 0.976 bits per heavy atom. The fraction of sp³-hybridized carbons (Fsp3) is 0.182. The van der Waals surface area contributed by atoms with Crippen LogP contribution in [0.4, 0.5) is 0 Å². The van der Waals surface area contributed by atoms with Gasteiger partial charge in [-0.15, -0.1) is 11.3 Å². The van der Waals surface area contributed by atoms with Crippen LogP contribution < -0.4 is 20.1 Å². The maximum absolute atomic E-state index is 13.6. The summed E-state index contributed by atoms with van der Waals surface area (Å²) in [7, 11) is 0. The Kier molecular flexibility index (Phi) is 8.31. The molecular weight excluding hydrogens is 534 g/mol. The number of aromatic nitrogens is 2. The third kappa shape index (κ3) is 6.07. The number of aryl methyl sites for hydroxylation is 1. The molecule has 0 saturated heterocycles. The van der Waals surface area contributed by atoms with Crippen molar-refractivity contribution in [1.29, 1.82) is 0 Å². The smallest absolute Gasteiger partial charge is 0.333 e. The van der Waals surface area contributed by atoms with Gasteiger partial charge in [0.05, 0.1) is 22.9 Å². The van der Waals surface area contributed by atoms with E-state index in [4.69, 9.17) is 4.74 Å². The maximum atomic E-state index is 13.6. The Balaban J connectivity index is 1.54. The molecule has 0 radical (unpaired) electrons. The van der Waals surface area contributed by atoms with Gasteiger partial charge in [0.15, 0.2) is 0 Å². The molecule has 0 bridgehead atoms. The zero-order chi connectivity index (χ0) is 28.9. The Morgan fingerprint density at radius 3 is 2.49 bits per heavy atom. The molecule has 1 amide bonds. The summed E-state index contributed by atoms with van der Waals surface area (Å²) in [5.41, 5.74) is 4.57. The number of carbonyl (C=O) groups excluding carboxylic acids is 2. The second-order valence-electron chi connectivity index (χ2n) is 9.66. The molecule has 5 rings (SSSR count). The number of nitrogens with zero attached hydrogens (tertiary/aromatic N) is 2. The molecule has 0 saturated carbocycles. The van der Waals surface area contributed by atoms with Crippen molar-refractivity contribution in [2.75, 3.05) is 6.61 Å². The largest absolute Gasteiger partial charge is 0.463 e. The lowest BCUT2D eigenvalue weighted by Gasteiger charge is -2.13. The van der Waals surface area contributed by atoms with Crippen LogP contribution >= 0.6 is 11.3 Å². The number of fused-ring (bicyclic) bond motifs is 1. The molecular formula is C33H31N3O4S. The standard InChI is InChI=1S/C33H31N3O4S/c1-4-40-32(38)19-31-35(21-30(37)34-20-24-11-6-5-7-12-24)33(39)29(41-31)18-26-17-22(2)36(23(26)3)28-16-10-14-25-13-8-9-15-27(25)28/h5-19H,4,20-21H2,1-3H3,(H,34,37)/b29-18-,31-19+. The highest BCUT2D eigenvalue weighted by Gasteiger charge is 2.15. The first-order valence-corrected chi connectivity index (χ1v) is 14.2. The molecule has 3 aromatic carbocycles. The Hall–Kier alpha value is -4.69. The third-order valence-corrected chi connectivity index (χ3v) is 7.92. The quantitative estimate of drug-likeness (QED) is 0.289. The molecule has 2 aromatic heterocycles. The minimum absolute atomic E-state index is 0.210. The number of nitrogens with one attached hydrogen (secondary N) is 1. The van der Waals surface area contributed by atoms with Crippen molar-refractivity contribution in [1.82, 2.24) is 14.5 Å². The highest BCUT2D eigenvalue weighted by molar-refractivity contribution is 7.07. The van der Waals surface area contributed by atoms with Crippen molar-refractivity contribution < 1.29 is 14.3 Å². The highest BCUT2D eigenvalue weighted by Crippen LogP contribution is 2.27. The van der Waals surface area contributed by atoms with Gasteiger partial charge in [0.25, 0.3) is 5.56 Å². The summed E-state index contributed by atoms with van der Waals surface area (Å²) in [5.74, 6) is -0.888. The monoisotopic (exact) mass is 565 g/mol. The van der Waals surface area contributed by atoms with Gasteiger partial charge in [0.1, 0.15) is 11.2 Å². The van der Waals surface area contributed by atoms with Gasteiger partial charge in [-0.05, 0) is 55.5 Å². The highest BCUT2D eigenvalue weighted by atomic mass is 32.1. The van der Waals surface area contributed by atoms with E-state index in [1.54, 1.807) is 6.92 Å². The number of rotatable bonds is 8. The van der Waals surface area contributed by atoms with Gasteiger partial charge in [0, 0.05) is 23.3 Å². The van der Waals surface area contributed by atoms with Crippen LogP contribution in [-0.4, -0.2) is 27.6 Å². The Morgan fingerprint density at radius 2 is 1.71 bits per heavy atom. The van der Waals surface area contributed by atoms with Crippen LogP contribution in [0, 0.1) is 13.8 Å². The van der Waals surface area contributed by atoms with Gasteiger partial charge in [-0.1, -0.05) is 66.7 Å². The minimum Gasteiger partial charge on any atom is -0.463 e. The van der Waals surface area contributed by atoms with Gasteiger partial charge in [-0.25, -0.2) is 4.79 Å². The van der Waals surface area contributed by atoms with Crippen molar-refractivity contribution in [2.24, 2.45) is 0 Å². The first-order chi connectivity index (χ1) is 19.9. The predicted molar refractivity (Wildman–Crippen MR) is 164 cm³/mol. The number of carbonyl (C=O) groups is 2. The molecule has 41 heavy (non-hydrogen) atoms. The van der Waals surface area contributed by atoms with Crippen LogP contribution in [0.3, 0.4) is 0 Å². The summed E-state index contributed by atoms with van der Waals surface area (Å²) in [5, 5.41) is 5.14. The molecule has 7 nitrogen and oxygen atoms in total. The van der Waals surface area contributed by atoms with Crippen LogP contribution in [0.2, 0.25) is 0 Å². The van der Waals surface area contributed by atoms with E-state index in [-0.39, 0.29) is 24.6 Å². The Labute approximate surface area is 241 Å². The van der Waals surface area contributed by atoms with Crippen LogP contribution in [0.25, 0.3) is 28.6 Å². The zero-order valence-electron chi connectivity index (χ0n) is 23.2. The van der Waals surface area contributed by atoms with E-state index >= 15 is 0 Å². The topological polar surface area (TPSA) is 82.3 Å². The normalized spacial score (nSPS) is 12.2. The van der Waals surface area contributed by atoms with E-state index in [2.05, 4.69) is 34.1 Å². The lowest BCUT2D eigenvalue weighted by molar-refractivity contribution is -0.135. The number of hydrogen-bond acceptors (Lipinski definition) is 5. The maximum Gasteiger partial charge on any atom is 0.333 e. The van der Waals surface area contributed by atoms with Gasteiger partial charge in [0.2, 0.25) is 5.91 Å². The lowest BCUT2D eigenvalue weighted by Crippen LogP contribution is -2.38. The van der Waals surface area contributed by atoms with E-state index in [9.17, 15) is 14.4 Å². The van der Waals surface area contributed by atoms with E-state index in [1.165, 1.54) is 10.6 Å². The van der Waals surface area contributed by atoms with Crippen LogP contribution in [0.1, 0.15) is 29.4 Å². The van der Waals surface area contributed by atoms with Crippen molar-refractivity contribution in [3.8, 4) is 5.69 Å². The number of benzene rings is 3. The number of esters is 1.